The molecular weight excluding hydrogens is 276 g/mol. The second kappa shape index (κ2) is 4.16. The van der Waals surface area contributed by atoms with Gasteiger partial charge in [-0.2, -0.15) is 0 Å². The Labute approximate surface area is 112 Å². The maximum absolute atomic E-state index is 10.2. The Bertz CT molecular complexity index is 478. The highest BCUT2D eigenvalue weighted by atomic mass is 79.9. The van der Waals surface area contributed by atoms with Gasteiger partial charge in [0.05, 0.1) is 0 Å². The largest absolute Gasteiger partial charge is 0.508 e. The van der Waals surface area contributed by atoms with Crippen LogP contribution in [0.3, 0.4) is 0 Å². The van der Waals surface area contributed by atoms with Gasteiger partial charge in [0.2, 0.25) is 0 Å². The molecular formula is C15H19BrO. The van der Waals surface area contributed by atoms with Crippen molar-refractivity contribution in [3.05, 3.63) is 39.9 Å². The minimum Gasteiger partial charge on any atom is -0.508 e. The van der Waals surface area contributed by atoms with Gasteiger partial charge in [0, 0.05) is 15.5 Å². The monoisotopic (exact) mass is 294 g/mol. The second-order valence-electron chi connectivity index (χ2n) is 5.42. The average Bonchev–Trinajstić information content (AvgIpc) is 2.53. The highest BCUT2D eigenvalue weighted by Gasteiger charge is 2.41. The Hall–Kier alpha value is -0.760. The zero-order valence-electron chi connectivity index (χ0n) is 10.7. The third-order valence-electron chi connectivity index (χ3n) is 4.43. The van der Waals surface area contributed by atoms with Gasteiger partial charge in [-0.05, 0) is 43.4 Å². The molecule has 0 bridgehead atoms. The fourth-order valence-corrected chi connectivity index (χ4v) is 3.14. The van der Waals surface area contributed by atoms with E-state index in [9.17, 15) is 5.11 Å². The summed E-state index contributed by atoms with van der Waals surface area (Å²) in [6.45, 7) is 10.6. The Kier molecular flexibility index (Phi) is 3.11. The van der Waals surface area contributed by atoms with Gasteiger partial charge in [-0.25, -0.2) is 0 Å². The summed E-state index contributed by atoms with van der Waals surface area (Å²) in [5.41, 5.74) is 3.42. The van der Waals surface area contributed by atoms with Gasteiger partial charge in [-0.3, -0.25) is 0 Å². The molecule has 1 aromatic carbocycles. The molecule has 92 valence electrons. The molecule has 0 saturated heterocycles. The maximum Gasteiger partial charge on any atom is 0.119 e. The van der Waals surface area contributed by atoms with Gasteiger partial charge in [0.25, 0.3) is 0 Å². The summed E-state index contributed by atoms with van der Waals surface area (Å²) in [7, 11) is 0. The highest BCUT2D eigenvalue weighted by molar-refractivity contribution is 9.10. The van der Waals surface area contributed by atoms with Crippen LogP contribution in [-0.4, -0.2) is 5.11 Å². The fourth-order valence-electron chi connectivity index (χ4n) is 2.80. The van der Waals surface area contributed by atoms with E-state index in [0.29, 0.717) is 11.7 Å². The first-order valence-corrected chi connectivity index (χ1v) is 6.83. The molecule has 1 aromatic rings. The normalized spacial score (nSPS) is 28.7. The zero-order valence-corrected chi connectivity index (χ0v) is 12.3. The average molecular weight is 295 g/mol. The Morgan fingerprint density at radius 2 is 2.12 bits per heavy atom. The van der Waals surface area contributed by atoms with E-state index in [2.05, 4.69) is 42.4 Å². The molecule has 2 atom stereocenters. The predicted molar refractivity (Wildman–Crippen MR) is 75.4 cm³/mol. The van der Waals surface area contributed by atoms with Crippen molar-refractivity contribution in [2.75, 3.05) is 0 Å². The number of benzene rings is 1. The van der Waals surface area contributed by atoms with Gasteiger partial charge in [-0.15, -0.1) is 0 Å². The van der Waals surface area contributed by atoms with Crippen LogP contribution in [0.15, 0.2) is 28.8 Å². The molecule has 1 aliphatic rings. The van der Waals surface area contributed by atoms with Crippen LogP contribution in [0, 0.1) is 12.8 Å². The standard InChI is InChI=1S/C15H19BrO/c1-9-5-6-15(4,11(9)3)12-8-13(16)10(2)7-14(12)17/h7-8,11,17H,1,5-6H2,2-4H3/t11-,15+/m1/s1. The molecule has 0 spiro atoms. The minimum atomic E-state index is 0.0113. The van der Waals surface area contributed by atoms with Crippen molar-refractivity contribution < 1.29 is 5.11 Å². The molecule has 1 fully saturated rings. The number of phenols is 1. The molecule has 0 radical (unpaired) electrons. The second-order valence-corrected chi connectivity index (χ2v) is 6.27. The number of halogens is 1. The molecule has 1 aliphatic carbocycles. The first kappa shape index (κ1) is 12.7. The number of allylic oxidation sites excluding steroid dienone is 1. The van der Waals surface area contributed by atoms with Crippen molar-refractivity contribution in [1.29, 1.82) is 0 Å². The summed E-state index contributed by atoms with van der Waals surface area (Å²) < 4.78 is 1.07. The first-order chi connectivity index (χ1) is 7.86. The van der Waals surface area contributed by atoms with E-state index >= 15 is 0 Å². The molecule has 17 heavy (non-hydrogen) atoms. The molecule has 2 rings (SSSR count). The molecule has 0 amide bonds. The summed E-state index contributed by atoms with van der Waals surface area (Å²) in [5.74, 6) is 0.831. The lowest BCUT2D eigenvalue weighted by Crippen LogP contribution is -2.25. The number of aryl methyl sites for hydroxylation is 1. The fraction of sp³-hybridized carbons (Fsp3) is 0.467. The molecule has 1 nitrogen and oxygen atoms in total. The first-order valence-electron chi connectivity index (χ1n) is 6.03. The Balaban J connectivity index is 2.54. The van der Waals surface area contributed by atoms with Crippen LogP contribution in [0.25, 0.3) is 0 Å². The molecule has 0 aromatic heterocycles. The molecule has 0 unspecified atom stereocenters. The summed E-state index contributed by atoms with van der Waals surface area (Å²) >= 11 is 3.55. The van der Waals surface area contributed by atoms with Crippen LogP contribution in [0.5, 0.6) is 5.75 Å². The van der Waals surface area contributed by atoms with Gasteiger partial charge < -0.3 is 5.11 Å². The van der Waals surface area contributed by atoms with Crippen LogP contribution in [0.4, 0.5) is 0 Å². The smallest absolute Gasteiger partial charge is 0.119 e. The van der Waals surface area contributed by atoms with Crippen LogP contribution in [0.2, 0.25) is 0 Å². The summed E-state index contributed by atoms with van der Waals surface area (Å²) in [6.07, 6.45) is 2.12. The van der Waals surface area contributed by atoms with E-state index < -0.39 is 0 Å². The molecule has 2 heteroatoms. The van der Waals surface area contributed by atoms with E-state index in [1.54, 1.807) is 0 Å². The van der Waals surface area contributed by atoms with Crippen molar-refractivity contribution in [2.45, 2.75) is 39.0 Å². The van der Waals surface area contributed by atoms with E-state index in [1.165, 1.54) is 5.57 Å². The quantitative estimate of drug-likeness (QED) is 0.744. The summed E-state index contributed by atoms with van der Waals surface area (Å²) in [6, 6.07) is 3.91. The van der Waals surface area contributed by atoms with Crippen LogP contribution >= 0.6 is 15.9 Å². The third-order valence-corrected chi connectivity index (χ3v) is 5.28. The third kappa shape index (κ3) is 1.93. The van der Waals surface area contributed by atoms with E-state index in [0.717, 1.165) is 28.4 Å². The van der Waals surface area contributed by atoms with Crippen molar-refractivity contribution in [3.63, 3.8) is 0 Å². The topological polar surface area (TPSA) is 20.2 Å². The highest BCUT2D eigenvalue weighted by Crippen LogP contribution is 2.50. The predicted octanol–water partition coefficient (Wildman–Crippen LogP) is 4.71. The lowest BCUT2D eigenvalue weighted by Gasteiger charge is -2.31. The van der Waals surface area contributed by atoms with Crippen molar-refractivity contribution in [1.82, 2.24) is 0 Å². The van der Waals surface area contributed by atoms with E-state index in [-0.39, 0.29) is 5.41 Å². The molecule has 0 heterocycles. The molecule has 1 saturated carbocycles. The van der Waals surface area contributed by atoms with Crippen LogP contribution < -0.4 is 0 Å². The van der Waals surface area contributed by atoms with Crippen molar-refractivity contribution >= 4 is 15.9 Å². The molecule has 1 N–H and O–H groups in total. The van der Waals surface area contributed by atoms with Gasteiger partial charge in [0.1, 0.15) is 5.75 Å². The SMILES string of the molecule is C=C1CC[C@](C)(c2cc(Br)c(C)cc2O)[C@@H]1C. The van der Waals surface area contributed by atoms with E-state index in [4.69, 9.17) is 0 Å². The number of rotatable bonds is 1. The van der Waals surface area contributed by atoms with Crippen LogP contribution in [0.1, 0.15) is 37.8 Å². The maximum atomic E-state index is 10.2. The summed E-state index contributed by atoms with van der Waals surface area (Å²) in [4.78, 5) is 0. The van der Waals surface area contributed by atoms with Gasteiger partial charge >= 0.3 is 0 Å². The number of aromatic hydroxyl groups is 1. The Morgan fingerprint density at radius 3 is 2.65 bits per heavy atom. The van der Waals surface area contributed by atoms with Crippen LogP contribution in [-0.2, 0) is 5.41 Å². The van der Waals surface area contributed by atoms with Crippen molar-refractivity contribution in [3.8, 4) is 5.75 Å². The zero-order chi connectivity index (χ0) is 12.8. The van der Waals surface area contributed by atoms with E-state index in [1.807, 2.05) is 13.0 Å². The number of phenolic OH excluding ortho intramolecular Hbond substituents is 1. The Morgan fingerprint density at radius 1 is 1.47 bits per heavy atom. The molecule has 0 aliphatic heterocycles. The van der Waals surface area contributed by atoms with Crippen molar-refractivity contribution in [2.24, 2.45) is 5.92 Å². The van der Waals surface area contributed by atoms with Gasteiger partial charge in [-0.1, -0.05) is 41.9 Å². The lowest BCUT2D eigenvalue weighted by atomic mass is 9.73. The number of hydrogen-bond donors (Lipinski definition) is 1. The van der Waals surface area contributed by atoms with Gasteiger partial charge in [0.15, 0.2) is 0 Å². The minimum absolute atomic E-state index is 0.0113. The number of hydrogen-bond acceptors (Lipinski definition) is 1. The lowest BCUT2D eigenvalue weighted by molar-refractivity contribution is 0.369. The summed E-state index contributed by atoms with van der Waals surface area (Å²) in [5, 5.41) is 10.2.